The maximum Gasteiger partial charge on any atom is 0.133 e. The zero-order chi connectivity index (χ0) is 13.1. The lowest BCUT2D eigenvalue weighted by Crippen LogP contribution is -2.38. The molecule has 1 aliphatic rings. The second kappa shape index (κ2) is 6.22. The number of rotatable bonds is 4. The van der Waals surface area contributed by atoms with Crippen molar-refractivity contribution >= 4 is 33.3 Å². The molecule has 5 heteroatoms. The number of anilines is 1. The number of hydrogen-bond donors (Lipinski definition) is 0. The van der Waals surface area contributed by atoms with Crippen molar-refractivity contribution in [2.75, 3.05) is 32.1 Å². The Morgan fingerprint density at radius 1 is 1.56 bits per heavy atom. The van der Waals surface area contributed by atoms with Crippen LogP contribution < -0.4 is 4.90 Å². The molecule has 1 saturated heterocycles. The molecule has 2 rings (SSSR count). The van der Waals surface area contributed by atoms with E-state index in [1.54, 1.807) is 0 Å². The summed E-state index contributed by atoms with van der Waals surface area (Å²) >= 11 is 9.49. The molecule has 0 saturated carbocycles. The summed E-state index contributed by atoms with van der Waals surface area (Å²) in [6, 6.07) is 2.62. The highest BCUT2D eigenvalue weighted by Gasteiger charge is 2.27. The zero-order valence-corrected chi connectivity index (χ0v) is 13.2. The molecule has 0 bridgehead atoms. The summed E-state index contributed by atoms with van der Waals surface area (Å²) in [6.07, 6.45) is 4.33. The van der Waals surface area contributed by atoms with Gasteiger partial charge in [-0.1, -0.05) is 0 Å². The fraction of sp³-hybridized carbons (Fsp3) is 0.615. The minimum atomic E-state index is 0.507. The Morgan fingerprint density at radius 2 is 2.33 bits per heavy atom. The van der Waals surface area contributed by atoms with Crippen molar-refractivity contribution in [3.63, 3.8) is 0 Å². The van der Waals surface area contributed by atoms with Gasteiger partial charge in [-0.3, -0.25) is 0 Å². The van der Waals surface area contributed by atoms with E-state index in [-0.39, 0.29) is 0 Å². The fourth-order valence-electron chi connectivity index (χ4n) is 2.56. The normalized spacial score (nSPS) is 19.8. The van der Waals surface area contributed by atoms with Crippen LogP contribution >= 0.6 is 27.5 Å². The van der Waals surface area contributed by atoms with E-state index in [1.807, 2.05) is 6.20 Å². The third-order valence-electron chi connectivity index (χ3n) is 3.28. The number of halogens is 2. The molecule has 1 aliphatic heterocycles. The van der Waals surface area contributed by atoms with Gasteiger partial charge in [0.1, 0.15) is 5.82 Å². The second-order valence-corrected chi connectivity index (χ2v) is 6.20. The van der Waals surface area contributed by atoms with Crippen LogP contribution in [0.25, 0.3) is 0 Å². The predicted octanol–water partition coefficient (Wildman–Crippen LogP) is 3.11. The van der Waals surface area contributed by atoms with Crippen molar-refractivity contribution < 1.29 is 0 Å². The number of aromatic nitrogens is 1. The average molecular weight is 333 g/mol. The maximum absolute atomic E-state index is 6.04. The van der Waals surface area contributed by atoms with Crippen LogP contribution in [-0.2, 0) is 5.88 Å². The average Bonchev–Trinajstić information content (AvgIpc) is 2.76. The molecule has 1 unspecified atom stereocenters. The summed E-state index contributed by atoms with van der Waals surface area (Å²) in [4.78, 5) is 9.21. The second-order valence-electron chi connectivity index (χ2n) is 5.02. The Kier molecular flexibility index (Phi) is 4.87. The van der Waals surface area contributed by atoms with Crippen LogP contribution in [0.1, 0.15) is 18.4 Å². The van der Waals surface area contributed by atoms with Gasteiger partial charge in [0.15, 0.2) is 0 Å². The lowest BCUT2D eigenvalue weighted by atomic mass is 10.2. The molecule has 1 aromatic heterocycles. The van der Waals surface area contributed by atoms with Gasteiger partial charge in [0, 0.05) is 35.4 Å². The van der Waals surface area contributed by atoms with Crippen molar-refractivity contribution in [3.8, 4) is 0 Å². The van der Waals surface area contributed by atoms with Gasteiger partial charge in [-0.2, -0.15) is 0 Å². The molecule has 1 aromatic rings. The molecule has 0 amide bonds. The molecule has 0 aliphatic carbocycles. The van der Waals surface area contributed by atoms with Crippen LogP contribution in [0.15, 0.2) is 16.7 Å². The molecule has 0 N–H and O–H groups in total. The molecule has 0 spiro atoms. The molecule has 0 radical (unpaired) electrons. The van der Waals surface area contributed by atoms with Gasteiger partial charge in [-0.15, -0.1) is 11.6 Å². The quantitative estimate of drug-likeness (QED) is 0.790. The van der Waals surface area contributed by atoms with E-state index in [0.29, 0.717) is 11.9 Å². The monoisotopic (exact) mass is 331 g/mol. The van der Waals surface area contributed by atoms with Crippen LogP contribution in [0.5, 0.6) is 0 Å². The molecule has 1 fully saturated rings. The zero-order valence-electron chi connectivity index (χ0n) is 10.9. The third-order valence-corrected chi connectivity index (χ3v) is 4.00. The highest BCUT2D eigenvalue weighted by atomic mass is 79.9. The molecular weight excluding hydrogens is 314 g/mol. The first-order valence-corrected chi connectivity index (χ1v) is 7.56. The number of likely N-dealkylation sites (N-methyl/N-ethyl adjacent to an activating group) is 1. The summed E-state index contributed by atoms with van der Waals surface area (Å²) in [5, 5.41) is 0. The first-order chi connectivity index (χ1) is 8.61. The van der Waals surface area contributed by atoms with Crippen molar-refractivity contribution in [1.29, 1.82) is 0 Å². The molecule has 0 aromatic carbocycles. The number of hydrogen-bond acceptors (Lipinski definition) is 3. The molecular formula is C13H19BrClN3. The van der Waals surface area contributed by atoms with Crippen LogP contribution in [0.2, 0.25) is 0 Å². The summed E-state index contributed by atoms with van der Waals surface area (Å²) in [7, 11) is 4.24. The van der Waals surface area contributed by atoms with Crippen molar-refractivity contribution in [2.24, 2.45) is 0 Å². The maximum atomic E-state index is 6.04. The van der Waals surface area contributed by atoms with Gasteiger partial charge < -0.3 is 9.80 Å². The van der Waals surface area contributed by atoms with Crippen LogP contribution in [-0.4, -0.2) is 43.1 Å². The fourth-order valence-corrected chi connectivity index (χ4v) is 3.13. The third kappa shape index (κ3) is 3.16. The highest BCUT2D eigenvalue weighted by Crippen LogP contribution is 2.29. The summed E-state index contributed by atoms with van der Waals surface area (Å²) < 4.78 is 0.991. The predicted molar refractivity (Wildman–Crippen MR) is 80.4 cm³/mol. The van der Waals surface area contributed by atoms with E-state index < -0.39 is 0 Å². The SMILES string of the molecule is CN(C)CC1CCCN1c1ncc(Br)cc1CCl. The van der Waals surface area contributed by atoms with Crippen LogP contribution in [0.3, 0.4) is 0 Å². The van der Waals surface area contributed by atoms with Crippen molar-refractivity contribution in [3.05, 3.63) is 22.3 Å². The van der Waals surface area contributed by atoms with Gasteiger partial charge in [0.25, 0.3) is 0 Å². The molecule has 1 atom stereocenters. The Balaban J connectivity index is 2.24. The molecule has 3 nitrogen and oxygen atoms in total. The Morgan fingerprint density at radius 3 is 3.00 bits per heavy atom. The van der Waals surface area contributed by atoms with Crippen LogP contribution in [0, 0.1) is 0 Å². The smallest absolute Gasteiger partial charge is 0.133 e. The summed E-state index contributed by atoms with van der Waals surface area (Å²) in [6.45, 7) is 2.15. The van der Waals surface area contributed by atoms with Gasteiger partial charge >= 0.3 is 0 Å². The van der Waals surface area contributed by atoms with Gasteiger partial charge in [0.05, 0.1) is 5.88 Å². The Hall–Kier alpha value is -0.320. The summed E-state index contributed by atoms with van der Waals surface area (Å²) in [5.74, 6) is 1.56. The highest BCUT2D eigenvalue weighted by molar-refractivity contribution is 9.10. The lowest BCUT2D eigenvalue weighted by molar-refractivity contribution is 0.371. The van der Waals surface area contributed by atoms with E-state index >= 15 is 0 Å². The number of alkyl halides is 1. The van der Waals surface area contributed by atoms with Crippen molar-refractivity contribution in [1.82, 2.24) is 9.88 Å². The van der Waals surface area contributed by atoms with Gasteiger partial charge in [-0.05, 0) is 48.9 Å². The largest absolute Gasteiger partial charge is 0.352 e. The van der Waals surface area contributed by atoms with Gasteiger partial charge in [0.2, 0.25) is 0 Å². The standard InChI is InChI=1S/C13H19BrClN3/c1-17(2)9-12-4-3-5-18(12)13-10(7-15)6-11(14)8-16-13/h6,8,12H,3-5,7,9H2,1-2H3. The van der Waals surface area contributed by atoms with Crippen LogP contribution in [0.4, 0.5) is 5.82 Å². The van der Waals surface area contributed by atoms with Gasteiger partial charge in [-0.25, -0.2) is 4.98 Å². The Labute approximate surface area is 122 Å². The molecule has 100 valence electrons. The lowest BCUT2D eigenvalue weighted by Gasteiger charge is -2.29. The Bertz CT molecular complexity index is 411. The number of pyridine rings is 1. The molecule has 18 heavy (non-hydrogen) atoms. The topological polar surface area (TPSA) is 19.4 Å². The number of nitrogens with zero attached hydrogens (tertiary/aromatic N) is 3. The minimum Gasteiger partial charge on any atom is -0.352 e. The summed E-state index contributed by atoms with van der Waals surface area (Å²) in [5.41, 5.74) is 1.11. The van der Waals surface area contributed by atoms with E-state index in [4.69, 9.17) is 11.6 Å². The van der Waals surface area contributed by atoms with E-state index in [1.165, 1.54) is 12.8 Å². The minimum absolute atomic E-state index is 0.507. The van der Waals surface area contributed by atoms with Crippen molar-refractivity contribution in [2.45, 2.75) is 24.8 Å². The van der Waals surface area contributed by atoms with E-state index in [9.17, 15) is 0 Å². The van der Waals surface area contributed by atoms with E-state index in [0.717, 1.165) is 28.9 Å². The molecule has 2 heterocycles. The first kappa shape index (κ1) is 14.1. The first-order valence-electron chi connectivity index (χ1n) is 6.23. The van der Waals surface area contributed by atoms with E-state index in [2.05, 4.69) is 50.9 Å².